The molecule has 0 spiro atoms. The first kappa shape index (κ1) is 12.2. The van der Waals surface area contributed by atoms with Gasteiger partial charge in [-0.05, 0) is 45.6 Å². The second-order valence-electron chi connectivity index (χ2n) is 4.93. The summed E-state index contributed by atoms with van der Waals surface area (Å²) in [5, 5.41) is 0. The van der Waals surface area contributed by atoms with Gasteiger partial charge >= 0.3 is 0 Å². The van der Waals surface area contributed by atoms with Crippen LogP contribution < -0.4 is 0 Å². The highest BCUT2D eigenvalue weighted by molar-refractivity contribution is 5.98. The van der Waals surface area contributed by atoms with Crippen LogP contribution in [0.3, 0.4) is 0 Å². The predicted octanol–water partition coefficient (Wildman–Crippen LogP) is 3.90. The van der Waals surface area contributed by atoms with E-state index in [1.165, 1.54) is 11.1 Å². The van der Waals surface area contributed by atoms with E-state index < -0.39 is 0 Å². The van der Waals surface area contributed by atoms with Crippen LogP contribution in [-0.2, 0) is 4.79 Å². The van der Waals surface area contributed by atoms with Crippen molar-refractivity contribution in [3.63, 3.8) is 0 Å². The van der Waals surface area contributed by atoms with E-state index >= 15 is 0 Å². The van der Waals surface area contributed by atoms with Crippen LogP contribution in [0, 0.1) is 11.3 Å². The quantitative estimate of drug-likeness (QED) is 0.684. The molecule has 84 valence electrons. The summed E-state index contributed by atoms with van der Waals surface area (Å²) in [6.07, 6.45) is 5.93. The maximum Gasteiger partial charge on any atom is 0.165 e. The SMILES string of the molecule is CCC(CC)C1=C(C)C=CC(=O)C1(C)C. The normalized spacial score (nSPS) is 20.3. The molecule has 1 nitrogen and oxygen atoms in total. The lowest BCUT2D eigenvalue weighted by atomic mass is 9.68. The summed E-state index contributed by atoms with van der Waals surface area (Å²) in [5.41, 5.74) is 2.34. The summed E-state index contributed by atoms with van der Waals surface area (Å²) < 4.78 is 0. The molecule has 0 fully saturated rings. The summed E-state index contributed by atoms with van der Waals surface area (Å²) >= 11 is 0. The van der Waals surface area contributed by atoms with Gasteiger partial charge < -0.3 is 0 Å². The Bertz CT molecular complexity index is 314. The van der Waals surface area contributed by atoms with Crippen molar-refractivity contribution in [1.29, 1.82) is 0 Å². The molecule has 0 aliphatic heterocycles. The second-order valence-corrected chi connectivity index (χ2v) is 4.93. The minimum atomic E-state index is -0.296. The van der Waals surface area contributed by atoms with Gasteiger partial charge in [0.05, 0.1) is 0 Å². The third-order valence-corrected chi connectivity index (χ3v) is 3.59. The van der Waals surface area contributed by atoms with Crippen LogP contribution in [0.4, 0.5) is 0 Å². The van der Waals surface area contributed by atoms with Gasteiger partial charge in [-0.1, -0.05) is 31.1 Å². The number of carbonyl (C=O) groups is 1. The third kappa shape index (κ3) is 2.06. The monoisotopic (exact) mass is 206 g/mol. The Balaban J connectivity index is 3.20. The molecule has 0 aromatic heterocycles. The van der Waals surface area contributed by atoms with E-state index in [2.05, 4.69) is 34.6 Å². The number of hydrogen-bond donors (Lipinski definition) is 0. The molecule has 0 unspecified atom stereocenters. The molecular weight excluding hydrogens is 184 g/mol. The molecule has 1 rings (SSSR count). The number of ketones is 1. The van der Waals surface area contributed by atoms with Crippen LogP contribution in [0.25, 0.3) is 0 Å². The Morgan fingerprint density at radius 2 is 1.73 bits per heavy atom. The fourth-order valence-corrected chi connectivity index (χ4v) is 2.65. The maximum atomic E-state index is 11.9. The van der Waals surface area contributed by atoms with E-state index in [0.717, 1.165) is 12.8 Å². The van der Waals surface area contributed by atoms with E-state index in [1.54, 1.807) is 6.08 Å². The summed E-state index contributed by atoms with van der Waals surface area (Å²) in [6.45, 7) is 10.6. The number of allylic oxidation sites excluding steroid dienone is 4. The zero-order chi connectivity index (χ0) is 11.6. The lowest BCUT2D eigenvalue weighted by Gasteiger charge is -2.34. The first-order valence-electron chi connectivity index (χ1n) is 5.88. The van der Waals surface area contributed by atoms with E-state index in [4.69, 9.17) is 0 Å². The minimum Gasteiger partial charge on any atom is -0.294 e. The summed E-state index contributed by atoms with van der Waals surface area (Å²) in [4.78, 5) is 11.9. The van der Waals surface area contributed by atoms with Crippen molar-refractivity contribution in [2.45, 2.75) is 47.5 Å². The molecule has 0 radical (unpaired) electrons. The lowest BCUT2D eigenvalue weighted by molar-refractivity contribution is -0.121. The molecule has 0 saturated heterocycles. The van der Waals surface area contributed by atoms with Crippen molar-refractivity contribution in [2.75, 3.05) is 0 Å². The van der Waals surface area contributed by atoms with Gasteiger partial charge in [-0.2, -0.15) is 0 Å². The lowest BCUT2D eigenvalue weighted by Crippen LogP contribution is -2.31. The smallest absolute Gasteiger partial charge is 0.165 e. The Morgan fingerprint density at radius 3 is 2.20 bits per heavy atom. The van der Waals surface area contributed by atoms with Crippen molar-refractivity contribution in [3.05, 3.63) is 23.3 Å². The van der Waals surface area contributed by atoms with Gasteiger partial charge in [0.15, 0.2) is 5.78 Å². The van der Waals surface area contributed by atoms with Gasteiger partial charge in [0.25, 0.3) is 0 Å². The molecule has 1 aliphatic rings. The van der Waals surface area contributed by atoms with Crippen molar-refractivity contribution < 1.29 is 4.79 Å². The van der Waals surface area contributed by atoms with E-state index in [1.807, 2.05) is 6.08 Å². The van der Waals surface area contributed by atoms with Crippen LogP contribution in [-0.4, -0.2) is 5.78 Å². The summed E-state index contributed by atoms with van der Waals surface area (Å²) in [6, 6.07) is 0. The highest BCUT2D eigenvalue weighted by Crippen LogP contribution is 2.41. The van der Waals surface area contributed by atoms with Crippen molar-refractivity contribution in [2.24, 2.45) is 11.3 Å². The minimum absolute atomic E-state index is 0.245. The zero-order valence-corrected chi connectivity index (χ0v) is 10.6. The summed E-state index contributed by atoms with van der Waals surface area (Å²) in [5.74, 6) is 0.795. The molecule has 0 bridgehead atoms. The average molecular weight is 206 g/mol. The Hall–Kier alpha value is -0.850. The molecule has 0 N–H and O–H groups in total. The first-order chi connectivity index (χ1) is 6.95. The maximum absolute atomic E-state index is 11.9. The Labute approximate surface area is 93.3 Å². The average Bonchev–Trinajstić information content (AvgIpc) is 2.19. The zero-order valence-electron chi connectivity index (χ0n) is 10.6. The van der Waals surface area contributed by atoms with Crippen LogP contribution >= 0.6 is 0 Å². The van der Waals surface area contributed by atoms with Crippen LogP contribution in [0.1, 0.15) is 47.5 Å². The van der Waals surface area contributed by atoms with Gasteiger partial charge in [-0.25, -0.2) is 0 Å². The highest BCUT2D eigenvalue weighted by atomic mass is 16.1. The largest absolute Gasteiger partial charge is 0.294 e. The predicted molar refractivity (Wildman–Crippen MR) is 64.7 cm³/mol. The number of rotatable bonds is 3. The van der Waals surface area contributed by atoms with Crippen LogP contribution in [0.5, 0.6) is 0 Å². The number of hydrogen-bond acceptors (Lipinski definition) is 1. The molecule has 0 aromatic rings. The van der Waals surface area contributed by atoms with Gasteiger partial charge in [-0.15, -0.1) is 0 Å². The molecule has 15 heavy (non-hydrogen) atoms. The Morgan fingerprint density at radius 1 is 1.20 bits per heavy atom. The summed E-state index contributed by atoms with van der Waals surface area (Å²) in [7, 11) is 0. The third-order valence-electron chi connectivity index (χ3n) is 3.59. The van der Waals surface area contributed by atoms with Crippen LogP contribution in [0.15, 0.2) is 23.3 Å². The van der Waals surface area contributed by atoms with Gasteiger partial charge in [0.1, 0.15) is 0 Å². The number of carbonyl (C=O) groups excluding carboxylic acids is 1. The van der Waals surface area contributed by atoms with Crippen molar-refractivity contribution in [1.82, 2.24) is 0 Å². The first-order valence-corrected chi connectivity index (χ1v) is 5.88. The molecule has 0 atom stereocenters. The Kier molecular flexibility index (Phi) is 3.54. The van der Waals surface area contributed by atoms with Gasteiger partial charge in [-0.3, -0.25) is 4.79 Å². The molecule has 1 aliphatic carbocycles. The van der Waals surface area contributed by atoms with Gasteiger partial charge in [0, 0.05) is 5.41 Å². The molecule has 0 amide bonds. The second kappa shape index (κ2) is 4.34. The highest BCUT2D eigenvalue weighted by Gasteiger charge is 2.36. The molecule has 1 heteroatoms. The molecule has 0 aromatic carbocycles. The molecule has 0 saturated carbocycles. The molecular formula is C14H22O. The van der Waals surface area contributed by atoms with Crippen molar-refractivity contribution in [3.8, 4) is 0 Å². The van der Waals surface area contributed by atoms with E-state index in [0.29, 0.717) is 5.92 Å². The van der Waals surface area contributed by atoms with Gasteiger partial charge in [0.2, 0.25) is 0 Å². The molecule has 0 heterocycles. The van der Waals surface area contributed by atoms with Crippen molar-refractivity contribution >= 4 is 5.78 Å². The fraction of sp³-hybridized carbons (Fsp3) is 0.643. The standard InChI is InChI=1S/C14H22O/c1-6-11(7-2)13-10(3)8-9-12(15)14(13,4)5/h8-9,11H,6-7H2,1-5H3. The fourth-order valence-electron chi connectivity index (χ4n) is 2.65. The van der Waals surface area contributed by atoms with Crippen LogP contribution in [0.2, 0.25) is 0 Å². The van der Waals surface area contributed by atoms with E-state index in [-0.39, 0.29) is 11.2 Å². The topological polar surface area (TPSA) is 17.1 Å². The van der Waals surface area contributed by atoms with E-state index in [9.17, 15) is 4.79 Å².